The van der Waals surface area contributed by atoms with Gasteiger partial charge in [-0.3, -0.25) is 0 Å². The van der Waals surface area contributed by atoms with E-state index in [1.165, 1.54) is 18.2 Å². The van der Waals surface area contributed by atoms with Crippen LogP contribution in [0.1, 0.15) is 12.8 Å². The zero-order valence-electron chi connectivity index (χ0n) is 9.63. The first-order valence-electron chi connectivity index (χ1n) is 6.17. The van der Waals surface area contributed by atoms with Crippen molar-refractivity contribution in [2.45, 2.75) is 18.9 Å². The van der Waals surface area contributed by atoms with Crippen LogP contribution < -0.4 is 5.32 Å². The molecular weight excluding hydrogens is 222 g/mol. The minimum atomic E-state index is -0.495. The summed E-state index contributed by atoms with van der Waals surface area (Å²) in [5, 5.41) is 3.07. The maximum atomic E-state index is 13.5. The van der Waals surface area contributed by atoms with Crippen LogP contribution in [0.4, 0.5) is 14.5 Å². The van der Waals surface area contributed by atoms with Gasteiger partial charge < -0.3 is 10.2 Å². The molecule has 92 valence electrons. The molecule has 2 bridgehead atoms. The van der Waals surface area contributed by atoms with E-state index >= 15 is 0 Å². The average molecular weight is 238 g/mol. The van der Waals surface area contributed by atoms with Gasteiger partial charge in [-0.1, -0.05) is 6.07 Å². The lowest BCUT2D eigenvalue weighted by Crippen LogP contribution is -2.39. The summed E-state index contributed by atoms with van der Waals surface area (Å²) < 4.78 is 27.1. The van der Waals surface area contributed by atoms with Gasteiger partial charge in [0.25, 0.3) is 0 Å². The summed E-state index contributed by atoms with van der Waals surface area (Å²) in [6.07, 6.45) is 2.10. The van der Waals surface area contributed by atoms with Crippen LogP contribution in [0.2, 0.25) is 0 Å². The maximum absolute atomic E-state index is 13.5. The highest BCUT2D eigenvalue weighted by atomic mass is 19.1. The summed E-state index contributed by atoms with van der Waals surface area (Å²) in [4.78, 5) is 2.42. The fourth-order valence-corrected chi connectivity index (χ4v) is 2.96. The molecule has 17 heavy (non-hydrogen) atoms. The molecule has 0 aromatic heterocycles. The van der Waals surface area contributed by atoms with Gasteiger partial charge in [-0.25, -0.2) is 8.78 Å². The van der Waals surface area contributed by atoms with E-state index in [1.807, 2.05) is 0 Å². The molecular formula is C13H16F2N2. The Balaban J connectivity index is 1.78. The van der Waals surface area contributed by atoms with Crippen LogP contribution in [0, 0.1) is 17.6 Å². The molecule has 0 saturated carbocycles. The van der Waals surface area contributed by atoms with Crippen molar-refractivity contribution in [1.29, 1.82) is 0 Å². The second-order valence-electron chi connectivity index (χ2n) is 4.99. The number of piperidine rings is 1. The Hall–Kier alpha value is -1.16. The van der Waals surface area contributed by atoms with E-state index in [9.17, 15) is 8.78 Å². The lowest BCUT2D eigenvalue weighted by atomic mass is 9.94. The molecule has 0 spiro atoms. The van der Waals surface area contributed by atoms with Gasteiger partial charge in [0.15, 0.2) is 0 Å². The van der Waals surface area contributed by atoms with Crippen LogP contribution in [0.5, 0.6) is 0 Å². The van der Waals surface area contributed by atoms with Crippen LogP contribution in [0.3, 0.4) is 0 Å². The van der Waals surface area contributed by atoms with E-state index in [4.69, 9.17) is 0 Å². The largest absolute Gasteiger partial charge is 0.377 e. The number of nitrogens with zero attached hydrogens (tertiary/aromatic N) is 1. The fraction of sp³-hybridized carbons (Fsp3) is 0.538. The first kappa shape index (κ1) is 11.0. The smallest absolute Gasteiger partial charge is 0.149 e. The fourth-order valence-electron chi connectivity index (χ4n) is 2.96. The molecule has 2 aliphatic rings. The van der Waals surface area contributed by atoms with Gasteiger partial charge in [0.2, 0.25) is 0 Å². The van der Waals surface area contributed by atoms with Crippen LogP contribution >= 0.6 is 0 Å². The molecule has 2 nitrogen and oxygen atoms in total. The number of para-hydroxylation sites is 1. The molecule has 2 aliphatic heterocycles. The third kappa shape index (κ3) is 2.02. The first-order chi connectivity index (χ1) is 8.24. The number of fused-ring (bicyclic) bond motifs is 2. The predicted molar refractivity (Wildman–Crippen MR) is 62.9 cm³/mol. The van der Waals surface area contributed by atoms with Gasteiger partial charge in [-0.2, -0.15) is 0 Å². The Morgan fingerprint density at radius 1 is 1.12 bits per heavy atom. The number of halogens is 2. The van der Waals surface area contributed by atoms with Crippen molar-refractivity contribution in [2.75, 3.05) is 25.0 Å². The van der Waals surface area contributed by atoms with E-state index in [0.29, 0.717) is 5.92 Å². The van der Waals surface area contributed by atoms with Crippen LogP contribution in [-0.2, 0) is 0 Å². The maximum Gasteiger partial charge on any atom is 0.149 e. The second kappa shape index (κ2) is 4.26. The average Bonchev–Trinajstić information content (AvgIpc) is 2.70. The molecule has 3 atom stereocenters. The summed E-state index contributed by atoms with van der Waals surface area (Å²) in [6.45, 7) is 3.22. The standard InChI is InChI=1S/C13H16F2N2/c14-10-2-1-3-11(15)13(10)16-12-5-7-17-6-4-9(12)8-17/h1-3,9,12,16H,4-8H2. The highest BCUT2D eigenvalue weighted by Crippen LogP contribution is 2.30. The van der Waals surface area contributed by atoms with E-state index in [1.54, 1.807) is 0 Å². The molecule has 1 N–H and O–H groups in total. The van der Waals surface area contributed by atoms with Crippen molar-refractivity contribution in [2.24, 2.45) is 5.92 Å². The number of anilines is 1. The molecule has 2 heterocycles. The number of hydrogen-bond donors (Lipinski definition) is 1. The summed E-state index contributed by atoms with van der Waals surface area (Å²) in [5.41, 5.74) is 0.0397. The van der Waals surface area contributed by atoms with Crippen molar-refractivity contribution in [3.05, 3.63) is 29.8 Å². The Morgan fingerprint density at radius 2 is 1.82 bits per heavy atom. The van der Waals surface area contributed by atoms with Crippen molar-refractivity contribution < 1.29 is 8.78 Å². The molecule has 0 aliphatic carbocycles. The lowest BCUT2D eigenvalue weighted by Gasteiger charge is -2.31. The normalized spacial score (nSPS) is 31.5. The van der Waals surface area contributed by atoms with Gasteiger partial charge in [0.05, 0.1) is 0 Å². The Morgan fingerprint density at radius 3 is 2.59 bits per heavy atom. The first-order valence-corrected chi connectivity index (χ1v) is 6.17. The Labute approximate surface area is 99.6 Å². The number of rotatable bonds is 2. The molecule has 0 radical (unpaired) electrons. The predicted octanol–water partition coefficient (Wildman–Crippen LogP) is 2.47. The molecule has 0 amide bonds. The molecule has 4 heteroatoms. The van der Waals surface area contributed by atoms with E-state index < -0.39 is 11.6 Å². The molecule has 2 saturated heterocycles. The molecule has 3 unspecified atom stereocenters. The minimum absolute atomic E-state index is 0.0397. The zero-order chi connectivity index (χ0) is 11.8. The van der Waals surface area contributed by atoms with Gasteiger partial charge in [0, 0.05) is 19.1 Å². The number of nitrogens with one attached hydrogen (secondary N) is 1. The zero-order valence-corrected chi connectivity index (χ0v) is 9.63. The lowest BCUT2D eigenvalue weighted by molar-refractivity contribution is 0.254. The third-order valence-corrected chi connectivity index (χ3v) is 3.93. The highest BCUT2D eigenvalue weighted by molar-refractivity contribution is 5.47. The molecule has 3 rings (SSSR count). The highest BCUT2D eigenvalue weighted by Gasteiger charge is 2.34. The van der Waals surface area contributed by atoms with Crippen LogP contribution in [0.15, 0.2) is 18.2 Å². The van der Waals surface area contributed by atoms with Gasteiger partial charge in [-0.05, 0) is 37.4 Å². The SMILES string of the molecule is Fc1cccc(F)c1NC1CCN2CCC1C2. The summed E-state index contributed by atoms with van der Waals surface area (Å²) >= 11 is 0. The number of hydrogen-bond acceptors (Lipinski definition) is 2. The van der Waals surface area contributed by atoms with E-state index in [2.05, 4.69) is 10.2 Å². The summed E-state index contributed by atoms with van der Waals surface area (Å²) in [5.74, 6) is -0.460. The van der Waals surface area contributed by atoms with Crippen LogP contribution in [-0.4, -0.2) is 30.6 Å². The van der Waals surface area contributed by atoms with E-state index in [-0.39, 0.29) is 11.7 Å². The third-order valence-electron chi connectivity index (χ3n) is 3.93. The van der Waals surface area contributed by atoms with Gasteiger partial charge >= 0.3 is 0 Å². The summed E-state index contributed by atoms with van der Waals surface area (Å²) in [7, 11) is 0. The van der Waals surface area contributed by atoms with E-state index in [0.717, 1.165) is 32.5 Å². The van der Waals surface area contributed by atoms with Crippen molar-refractivity contribution in [3.63, 3.8) is 0 Å². The van der Waals surface area contributed by atoms with Crippen molar-refractivity contribution >= 4 is 5.69 Å². The minimum Gasteiger partial charge on any atom is -0.377 e. The quantitative estimate of drug-likeness (QED) is 0.851. The molecule has 2 fully saturated rings. The second-order valence-corrected chi connectivity index (χ2v) is 4.99. The molecule has 1 aromatic carbocycles. The van der Waals surface area contributed by atoms with Crippen LogP contribution in [0.25, 0.3) is 0 Å². The number of benzene rings is 1. The van der Waals surface area contributed by atoms with Crippen molar-refractivity contribution in [3.8, 4) is 0 Å². The molecule has 1 aromatic rings. The Bertz CT molecular complexity index is 402. The van der Waals surface area contributed by atoms with Gasteiger partial charge in [-0.15, -0.1) is 0 Å². The topological polar surface area (TPSA) is 15.3 Å². The summed E-state index contributed by atoms with van der Waals surface area (Å²) in [6, 6.07) is 4.21. The van der Waals surface area contributed by atoms with Crippen molar-refractivity contribution in [1.82, 2.24) is 4.90 Å². The van der Waals surface area contributed by atoms with Gasteiger partial charge in [0.1, 0.15) is 17.3 Å². The monoisotopic (exact) mass is 238 g/mol. The Kier molecular flexibility index (Phi) is 2.74.